The van der Waals surface area contributed by atoms with Gasteiger partial charge in [0.15, 0.2) is 0 Å². The summed E-state index contributed by atoms with van der Waals surface area (Å²) >= 11 is 0. The minimum atomic E-state index is -0.0373. The van der Waals surface area contributed by atoms with E-state index in [2.05, 4.69) is 24.3 Å². The molecule has 4 rings (SSSR count). The van der Waals surface area contributed by atoms with Gasteiger partial charge in [-0.15, -0.1) is 0 Å². The number of anilines is 2. The molecule has 2 amide bonds. The Hall–Kier alpha value is -3.40. The van der Waals surface area contributed by atoms with Crippen molar-refractivity contribution in [1.82, 2.24) is 0 Å². The maximum atomic E-state index is 12.8. The molecule has 0 bridgehead atoms. The van der Waals surface area contributed by atoms with Crippen LogP contribution in [0.2, 0.25) is 0 Å². The molecular weight excluding hydrogens is 336 g/mol. The highest BCUT2D eigenvalue weighted by Crippen LogP contribution is 2.26. The molecule has 0 radical (unpaired) electrons. The normalized spacial score (nSPS) is 13.9. The quantitative estimate of drug-likeness (QED) is 0.630. The molecule has 0 N–H and O–H groups in total. The molecule has 1 aliphatic heterocycles. The SMILES string of the molecule is O=Cc1ccc(N2CCN(c3ccc(Cc4ccccc4)cc3)C2=O)cc1. The molecule has 0 saturated carbocycles. The van der Waals surface area contributed by atoms with E-state index in [1.54, 1.807) is 21.9 Å². The smallest absolute Gasteiger partial charge is 0.298 e. The second kappa shape index (κ2) is 7.46. The molecule has 4 nitrogen and oxygen atoms in total. The van der Waals surface area contributed by atoms with Crippen molar-refractivity contribution in [2.45, 2.75) is 6.42 Å². The summed E-state index contributed by atoms with van der Waals surface area (Å²) < 4.78 is 0. The summed E-state index contributed by atoms with van der Waals surface area (Å²) in [5, 5.41) is 0. The van der Waals surface area contributed by atoms with Crippen molar-refractivity contribution in [3.05, 3.63) is 95.6 Å². The van der Waals surface area contributed by atoms with E-state index in [-0.39, 0.29) is 6.03 Å². The van der Waals surface area contributed by atoms with Crippen LogP contribution in [0.15, 0.2) is 78.9 Å². The summed E-state index contributed by atoms with van der Waals surface area (Å²) in [7, 11) is 0. The molecule has 1 fully saturated rings. The number of nitrogens with zero attached hydrogens (tertiary/aromatic N) is 2. The zero-order chi connectivity index (χ0) is 18.6. The molecule has 3 aromatic rings. The van der Waals surface area contributed by atoms with Gasteiger partial charge in [0, 0.05) is 30.0 Å². The first-order chi connectivity index (χ1) is 13.2. The second-order valence-corrected chi connectivity index (χ2v) is 6.62. The van der Waals surface area contributed by atoms with Gasteiger partial charge in [0.1, 0.15) is 6.29 Å². The van der Waals surface area contributed by atoms with Crippen LogP contribution >= 0.6 is 0 Å². The number of carbonyl (C=O) groups is 2. The van der Waals surface area contributed by atoms with Crippen LogP contribution in [0.3, 0.4) is 0 Å². The van der Waals surface area contributed by atoms with Gasteiger partial charge in [0.05, 0.1) is 0 Å². The number of hydrogen-bond donors (Lipinski definition) is 0. The zero-order valence-electron chi connectivity index (χ0n) is 14.9. The van der Waals surface area contributed by atoms with Gasteiger partial charge in [-0.25, -0.2) is 4.79 Å². The molecule has 0 spiro atoms. The predicted molar refractivity (Wildman–Crippen MR) is 108 cm³/mol. The molecule has 4 heteroatoms. The third kappa shape index (κ3) is 3.60. The number of aldehydes is 1. The van der Waals surface area contributed by atoms with E-state index in [1.807, 2.05) is 42.5 Å². The molecule has 1 saturated heterocycles. The Kier molecular flexibility index (Phi) is 4.71. The number of carbonyl (C=O) groups excluding carboxylic acids is 2. The highest BCUT2D eigenvalue weighted by atomic mass is 16.2. The van der Waals surface area contributed by atoms with Crippen molar-refractivity contribution < 1.29 is 9.59 Å². The summed E-state index contributed by atoms with van der Waals surface area (Å²) in [6, 6.07) is 25.6. The second-order valence-electron chi connectivity index (χ2n) is 6.62. The van der Waals surface area contributed by atoms with E-state index < -0.39 is 0 Å². The van der Waals surface area contributed by atoms with Gasteiger partial charge in [-0.2, -0.15) is 0 Å². The first-order valence-electron chi connectivity index (χ1n) is 9.02. The van der Waals surface area contributed by atoms with Crippen LogP contribution in [0, 0.1) is 0 Å². The topological polar surface area (TPSA) is 40.6 Å². The summed E-state index contributed by atoms with van der Waals surface area (Å²) in [6.45, 7) is 1.28. The van der Waals surface area contributed by atoms with E-state index in [0.717, 1.165) is 24.1 Å². The lowest BCUT2D eigenvalue weighted by Crippen LogP contribution is -2.31. The highest BCUT2D eigenvalue weighted by Gasteiger charge is 2.30. The largest absolute Gasteiger partial charge is 0.329 e. The maximum absolute atomic E-state index is 12.8. The average Bonchev–Trinajstić information content (AvgIpc) is 3.11. The molecule has 27 heavy (non-hydrogen) atoms. The minimum Gasteiger partial charge on any atom is -0.298 e. The van der Waals surface area contributed by atoms with E-state index in [4.69, 9.17) is 0 Å². The number of hydrogen-bond acceptors (Lipinski definition) is 2. The van der Waals surface area contributed by atoms with E-state index in [9.17, 15) is 9.59 Å². The third-order valence-electron chi connectivity index (χ3n) is 4.85. The standard InChI is InChI=1S/C23H20N2O2/c26-17-20-8-12-22(13-9-20)25-15-14-24(23(25)27)21-10-6-19(7-11-21)16-18-4-2-1-3-5-18/h1-13,17H,14-16H2. The molecule has 134 valence electrons. The van der Waals surface area contributed by atoms with Crippen molar-refractivity contribution >= 4 is 23.7 Å². The Morgan fingerprint density at radius 1 is 0.704 bits per heavy atom. The zero-order valence-corrected chi connectivity index (χ0v) is 14.9. The Bertz CT molecular complexity index is 934. The fourth-order valence-electron chi connectivity index (χ4n) is 3.37. The highest BCUT2D eigenvalue weighted by molar-refractivity contribution is 6.06. The van der Waals surface area contributed by atoms with Crippen molar-refractivity contribution in [2.24, 2.45) is 0 Å². The Morgan fingerprint density at radius 2 is 1.22 bits per heavy atom. The Morgan fingerprint density at radius 3 is 1.78 bits per heavy atom. The monoisotopic (exact) mass is 356 g/mol. The molecule has 0 atom stereocenters. The van der Waals surface area contributed by atoms with Crippen LogP contribution < -0.4 is 9.80 Å². The van der Waals surface area contributed by atoms with Gasteiger partial charge in [-0.1, -0.05) is 42.5 Å². The lowest BCUT2D eigenvalue weighted by atomic mass is 10.0. The van der Waals surface area contributed by atoms with Crippen molar-refractivity contribution in [3.63, 3.8) is 0 Å². The van der Waals surface area contributed by atoms with E-state index in [1.165, 1.54) is 11.1 Å². The molecule has 0 unspecified atom stereocenters. The average molecular weight is 356 g/mol. The van der Waals surface area contributed by atoms with Gasteiger partial charge in [-0.05, 0) is 53.9 Å². The Labute approximate surface area is 158 Å². The summed E-state index contributed by atoms with van der Waals surface area (Å²) in [5.74, 6) is 0. The predicted octanol–water partition coefficient (Wildman–Crippen LogP) is 4.54. The molecule has 3 aromatic carbocycles. The van der Waals surface area contributed by atoms with Gasteiger partial charge >= 0.3 is 6.03 Å². The lowest BCUT2D eigenvalue weighted by molar-refractivity contribution is 0.112. The van der Waals surface area contributed by atoms with Crippen LogP contribution in [0.5, 0.6) is 0 Å². The fraction of sp³-hybridized carbons (Fsp3) is 0.130. The third-order valence-corrected chi connectivity index (χ3v) is 4.85. The van der Waals surface area contributed by atoms with Gasteiger partial charge in [-0.3, -0.25) is 14.6 Å². The van der Waals surface area contributed by atoms with Gasteiger partial charge in [0.2, 0.25) is 0 Å². The molecule has 0 aliphatic carbocycles. The van der Waals surface area contributed by atoms with Crippen LogP contribution in [0.25, 0.3) is 0 Å². The maximum Gasteiger partial charge on any atom is 0.329 e. The summed E-state index contributed by atoms with van der Waals surface area (Å²) in [4.78, 5) is 27.1. The van der Waals surface area contributed by atoms with Crippen LogP contribution in [-0.4, -0.2) is 25.4 Å². The van der Waals surface area contributed by atoms with Crippen molar-refractivity contribution in [3.8, 4) is 0 Å². The molecule has 1 heterocycles. The first-order valence-corrected chi connectivity index (χ1v) is 9.02. The van der Waals surface area contributed by atoms with Crippen LogP contribution in [0.1, 0.15) is 21.5 Å². The van der Waals surface area contributed by atoms with Crippen LogP contribution in [0.4, 0.5) is 16.2 Å². The van der Waals surface area contributed by atoms with Crippen molar-refractivity contribution in [1.29, 1.82) is 0 Å². The summed E-state index contributed by atoms with van der Waals surface area (Å²) in [6.07, 6.45) is 1.68. The number of amides is 2. The van der Waals surface area contributed by atoms with Gasteiger partial charge < -0.3 is 0 Å². The minimum absolute atomic E-state index is 0.0373. The van der Waals surface area contributed by atoms with Crippen molar-refractivity contribution in [2.75, 3.05) is 22.9 Å². The fourth-order valence-corrected chi connectivity index (χ4v) is 3.37. The van der Waals surface area contributed by atoms with E-state index in [0.29, 0.717) is 18.7 Å². The van der Waals surface area contributed by atoms with Gasteiger partial charge in [0.25, 0.3) is 0 Å². The van der Waals surface area contributed by atoms with Crippen LogP contribution in [-0.2, 0) is 6.42 Å². The number of urea groups is 1. The summed E-state index contributed by atoms with van der Waals surface area (Å²) in [5.41, 5.74) is 4.82. The first kappa shape index (κ1) is 17.0. The molecule has 1 aliphatic rings. The lowest BCUT2D eigenvalue weighted by Gasteiger charge is -2.19. The number of rotatable bonds is 5. The number of benzene rings is 3. The molecule has 0 aromatic heterocycles. The Balaban J connectivity index is 1.47. The molecular formula is C23H20N2O2. The van der Waals surface area contributed by atoms with E-state index >= 15 is 0 Å².